The van der Waals surface area contributed by atoms with Crippen molar-refractivity contribution in [3.8, 4) is 11.8 Å². The molecule has 1 N–H and O–H groups in total. The van der Waals surface area contributed by atoms with Gasteiger partial charge in [0.2, 0.25) is 0 Å². The van der Waals surface area contributed by atoms with Gasteiger partial charge in [-0.1, -0.05) is 48.3 Å². The number of rotatable bonds is 5. The van der Waals surface area contributed by atoms with E-state index in [-0.39, 0.29) is 6.61 Å². The Morgan fingerprint density at radius 3 is 2.27 bits per heavy atom. The molecule has 0 saturated carbocycles. The quantitative estimate of drug-likeness (QED) is 0.413. The van der Waals surface area contributed by atoms with Gasteiger partial charge < -0.3 is 5.11 Å². The Bertz CT molecular complexity index is 295. The molecule has 80 valence electrons. The molecule has 0 rings (SSSR count). The zero-order valence-corrected chi connectivity index (χ0v) is 9.19. The van der Waals surface area contributed by atoms with Crippen molar-refractivity contribution in [2.24, 2.45) is 0 Å². The number of aliphatic hydroxyl groups is 1. The van der Waals surface area contributed by atoms with E-state index < -0.39 is 0 Å². The van der Waals surface area contributed by atoms with Crippen LogP contribution >= 0.6 is 0 Å². The van der Waals surface area contributed by atoms with Crippen LogP contribution in [-0.4, -0.2) is 11.7 Å². The predicted octanol–water partition coefficient (Wildman–Crippen LogP) is 3.01. The van der Waals surface area contributed by atoms with Gasteiger partial charge >= 0.3 is 0 Å². The fourth-order valence-electron chi connectivity index (χ4n) is 0.799. The van der Waals surface area contributed by atoms with Crippen LogP contribution in [0.1, 0.15) is 19.8 Å². The second-order valence-corrected chi connectivity index (χ2v) is 2.83. The van der Waals surface area contributed by atoms with Crippen molar-refractivity contribution in [1.82, 2.24) is 0 Å². The standard InChI is InChI=1S/C14H18O/c1-2-3-4-5-6-7-8-9-10-11-12-13-14-15/h2-5,8-11,15H,12-14H2,1H3/b3-2+,5-4+,9-8+,11-10+. The topological polar surface area (TPSA) is 20.2 Å². The zero-order valence-electron chi connectivity index (χ0n) is 9.19. The maximum absolute atomic E-state index is 8.52. The molecule has 0 atom stereocenters. The molecule has 0 radical (unpaired) electrons. The normalized spacial score (nSPS) is 11.9. The second-order valence-electron chi connectivity index (χ2n) is 2.83. The fourth-order valence-corrected chi connectivity index (χ4v) is 0.799. The molecule has 0 spiro atoms. The number of unbranched alkanes of at least 4 members (excludes halogenated alkanes) is 1. The molecule has 0 unspecified atom stereocenters. The Morgan fingerprint density at radius 1 is 1.00 bits per heavy atom. The van der Waals surface area contributed by atoms with Crippen LogP contribution in [0.2, 0.25) is 0 Å². The maximum atomic E-state index is 8.52. The molecular formula is C14H18O. The summed E-state index contributed by atoms with van der Waals surface area (Å²) in [6.45, 7) is 2.22. The van der Waals surface area contributed by atoms with Gasteiger partial charge in [0, 0.05) is 6.61 Å². The van der Waals surface area contributed by atoms with Crippen LogP contribution in [0.4, 0.5) is 0 Å². The Balaban J connectivity index is 3.64. The highest BCUT2D eigenvalue weighted by Gasteiger charge is 1.75. The van der Waals surface area contributed by atoms with Gasteiger partial charge in [-0.15, -0.1) is 0 Å². The fraction of sp³-hybridized carbons (Fsp3) is 0.286. The Kier molecular flexibility index (Phi) is 11.2. The van der Waals surface area contributed by atoms with E-state index in [2.05, 4.69) is 11.8 Å². The molecule has 0 aliphatic heterocycles. The van der Waals surface area contributed by atoms with E-state index in [0.717, 1.165) is 12.8 Å². The largest absolute Gasteiger partial charge is 0.396 e. The maximum Gasteiger partial charge on any atom is 0.0433 e. The highest BCUT2D eigenvalue weighted by molar-refractivity contribution is 5.27. The van der Waals surface area contributed by atoms with Crippen LogP contribution in [0.25, 0.3) is 0 Å². The average Bonchev–Trinajstić information content (AvgIpc) is 2.26. The van der Waals surface area contributed by atoms with Crippen molar-refractivity contribution in [1.29, 1.82) is 0 Å². The lowest BCUT2D eigenvalue weighted by Gasteiger charge is -1.84. The summed E-state index contributed by atoms with van der Waals surface area (Å²) >= 11 is 0. The number of hydrogen-bond acceptors (Lipinski definition) is 1. The van der Waals surface area contributed by atoms with E-state index in [1.807, 2.05) is 43.4 Å². The smallest absolute Gasteiger partial charge is 0.0433 e. The van der Waals surface area contributed by atoms with Gasteiger partial charge in [-0.2, -0.15) is 0 Å². The van der Waals surface area contributed by atoms with Crippen LogP contribution in [0, 0.1) is 11.8 Å². The number of allylic oxidation sites excluding steroid dienone is 8. The molecule has 0 amide bonds. The Labute approximate surface area is 92.5 Å². The van der Waals surface area contributed by atoms with Gasteiger partial charge in [0.25, 0.3) is 0 Å². The molecule has 0 aromatic carbocycles. The summed E-state index contributed by atoms with van der Waals surface area (Å²) in [6, 6.07) is 0. The van der Waals surface area contributed by atoms with Crippen LogP contribution in [0.15, 0.2) is 48.6 Å². The van der Waals surface area contributed by atoms with Gasteiger partial charge in [-0.25, -0.2) is 0 Å². The van der Waals surface area contributed by atoms with E-state index in [0.29, 0.717) is 0 Å². The van der Waals surface area contributed by atoms with Crippen LogP contribution in [0.3, 0.4) is 0 Å². The third-order valence-corrected chi connectivity index (χ3v) is 1.52. The third kappa shape index (κ3) is 12.5. The van der Waals surface area contributed by atoms with Gasteiger partial charge in [-0.05, 0) is 31.9 Å². The van der Waals surface area contributed by atoms with Crippen LogP contribution in [-0.2, 0) is 0 Å². The van der Waals surface area contributed by atoms with Crippen LogP contribution in [0.5, 0.6) is 0 Å². The van der Waals surface area contributed by atoms with Crippen molar-refractivity contribution in [2.45, 2.75) is 19.8 Å². The summed E-state index contributed by atoms with van der Waals surface area (Å²) in [5, 5.41) is 8.52. The summed E-state index contributed by atoms with van der Waals surface area (Å²) in [7, 11) is 0. The molecule has 0 saturated heterocycles. The number of aliphatic hydroxyl groups excluding tert-OH is 1. The highest BCUT2D eigenvalue weighted by atomic mass is 16.2. The van der Waals surface area contributed by atoms with E-state index in [9.17, 15) is 0 Å². The predicted molar refractivity (Wildman–Crippen MR) is 66.3 cm³/mol. The monoisotopic (exact) mass is 202 g/mol. The Hall–Kier alpha value is -1.52. The molecular weight excluding hydrogens is 184 g/mol. The highest BCUT2D eigenvalue weighted by Crippen LogP contribution is 1.89. The lowest BCUT2D eigenvalue weighted by Crippen LogP contribution is -1.77. The minimum Gasteiger partial charge on any atom is -0.396 e. The lowest BCUT2D eigenvalue weighted by molar-refractivity contribution is 0.289. The second kappa shape index (κ2) is 12.5. The van der Waals surface area contributed by atoms with Crippen molar-refractivity contribution in [3.05, 3.63) is 48.6 Å². The van der Waals surface area contributed by atoms with Gasteiger partial charge in [0.1, 0.15) is 0 Å². The van der Waals surface area contributed by atoms with E-state index in [1.54, 1.807) is 12.2 Å². The summed E-state index contributed by atoms with van der Waals surface area (Å²) in [5.41, 5.74) is 0. The first kappa shape index (κ1) is 13.5. The van der Waals surface area contributed by atoms with Gasteiger partial charge in [0.05, 0.1) is 0 Å². The molecule has 0 aromatic heterocycles. The molecule has 0 aliphatic carbocycles. The van der Waals surface area contributed by atoms with E-state index in [1.165, 1.54) is 0 Å². The minimum absolute atomic E-state index is 0.254. The van der Waals surface area contributed by atoms with Gasteiger partial charge in [0.15, 0.2) is 0 Å². The first-order valence-corrected chi connectivity index (χ1v) is 5.13. The average molecular weight is 202 g/mol. The molecule has 0 bridgehead atoms. The lowest BCUT2D eigenvalue weighted by atomic mass is 10.3. The summed E-state index contributed by atoms with van der Waals surface area (Å²) in [4.78, 5) is 0. The summed E-state index contributed by atoms with van der Waals surface area (Å²) < 4.78 is 0. The number of hydrogen-bond donors (Lipinski definition) is 1. The molecule has 15 heavy (non-hydrogen) atoms. The Morgan fingerprint density at radius 2 is 1.67 bits per heavy atom. The molecule has 0 heterocycles. The molecule has 1 nitrogen and oxygen atoms in total. The van der Waals surface area contributed by atoms with Crippen molar-refractivity contribution < 1.29 is 5.11 Å². The van der Waals surface area contributed by atoms with Crippen molar-refractivity contribution in [2.75, 3.05) is 6.61 Å². The van der Waals surface area contributed by atoms with Crippen molar-refractivity contribution in [3.63, 3.8) is 0 Å². The molecule has 0 aliphatic rings. The van der Waals surface area contributed by atoms with Gasteiger partial charge in [-0.3, -0.25) is 0 Å². The third-order valence-electron chi connectivity index (χ3n) is 1.52. The summed E-state index contributed by atoms with van der Waals surface area (Å²) in [6.07, 6.45) is 17.0. The first-order chi connectivity index (χ1) is 7.41. The molecule has 0 aromatic rings. The first-order valence-electron chi connectivity index (χ1n) is 5.13. The van der Waals surface area contributed by atoms with Crippen LogP contribution < -0.4 is 0 Å². The van der Waals surface area contributed by atoms with Crippen molar-refractivity contribution >= 4 is 0 Å². The molecule has 1 heteroatoms. The minimum atomic E-state index is 0.254. The zero-order chi connectivity index (χ0) is 11.2. The van der Waals surface area contributed by atoms with E-state index in [4.69, 9.17) is 5.11 Å². The molecule has 0 fully saturated rings. The van der Waals surface area contributed by atoms with E-state index >= 15 is 0 Å². The summed E-state index contributed by atoms with van der Waals surface area (Å²) in [5.74, 6) is 5.76. The SMILES string of the molecule is C/C=C/C=C/C#C/C=C/C=C/CCCO.